The predicted octanol–water partition coefficient (Wildman–Crippen LogP) is 12.6. The molecule has 1 heterocycles. The summed E-state index contributed by atoms with van der Waals surface area (Å²) < 4.78 is 47.9. The third-order valence-electron chi connectivity index (χ3n) is 8.77. The zero-order valence-corrected chi connectivity index (χ0v) is 24.2. The second kappa shape index (κ2) is 10.4. The Morgan fingerprint density at radius 3 is 1.64 bits per heavy atom. The van der Waals surface area contributed by atoms with Crippen molar-refractivity contribution in [2.24, 2.45) is 0 Å². The van der Waals surface area contributed by atoms with Crippen LogP contribution in [0.3, 0.4) is 0 Å². The van der Waals surface area contributed by atoms with Gasteiger partial charge >= 0.3 is 0 Å². The first-order valence-electron chi connectivity index (χ1n) is 17.5. The molecule has 0 amide bonds. The van der Waals surface area contributed by atoms with Crippen molar-refractivity contribution < 1.29 is 11.3 Å². The quantitative estimate of drug-likeness (QED) is 0.190. The fourth-order valence-electron chi connectivity index (χ4n) is 6.86. The van der Waals surface area contributed by atoms with Crippen LogP contribution in [-0.4, -0.2) is 0 Å². The van der Waals surface area contributed by atoms with Crippen molar-refractivity contribution in [1.82, 2.24) is 0 Å². The average molecular weight is 578 g/mol. The van der Waals surface area contributed by atoms with Gasteiger partial charge in [0.05, 0.1) is 6.85 Å². The standard InChI is InChI=1S/C44H28O/c1-3-14-29(15-4-1)31-26-27-38-41(28-31)45-40-25-13-24-39(44(38)40)43-36-22-11-9-20-34(36)42(35-21-10-12-23-37(35)43)33-19-8-7-18-32(33)30-16-5-2-6-17-30/h1-28H/i1D,3D,4D,14D,15D. The molecule has 9 aromatic rings. The maximum absolute atomic E-state index is 8.53. The van der Waals surface area contributed by atoms with E-state index in [1.807, 2.05) is 30.3 Å². The first-order chi connectivity index (χ1) is 24.4. The van der Waals surface area contributed by atoms with Crippen molar-refractivity contribution in [3.63, 3.8) is 0 Å². The Balaban J connectivity index is 1.33. The van der Waals surface area contributed by atoms with E-state index in [1.54, 1.807) is 6.07 Å². The van der Waals surface area contributed by atoms with Crippen LogP contribution >= 0.6 is 0 Å². The van der Waals surface area contributed by atoms with Crippen LogP contribution in [0, 0.1) is 0 Å². The lowest BCUT2D eigenvalue weighted by Crippen LogP contribution is -1.93. The Labute approximate surface area is 268 Å². The minimum absolute atomic E-state index is 0.155. The molecule has 0 saturated carbocycles. The third-order valence-corrected chi connectivity index (χ3v) is 8.77. The van der Waals surface area contributed by atoms with Gasteiger partial charge in [-0.3, -0.25) is 0 Å². The van der Waals surface area contributed by atoms with Gasteiger partial charge in [-0.1, -0.05) is 152 Å². The highest BCUT2D eigenvalue weighted by Gasteiger charge is 2.21. The highest BCUT2D eigenvalue weighted by molar-refractivity contribution is 6.26. The van der Waals surface area contributed by atoms with Crippen molar-refractivity contribution in [3.05, 3.63) is 170 Å². The molecule has 0 saturated heterocycles. The van der Waals surface area contributed by atoms with Crippen molar-refractivity contribution in [1.29, 1.82) is 0 Å². The Morgan fingerprint density at radius 1 is 0.378 bits per heavy atom. The summed E-state index contributed by atoms with van der Waals surface area (Å²) in [5, 5.41) is 6.40. The van der Waals surface area contributed by atoms with Crippen LogP contribution in [0.1, 0.15) is 6.85 Å². The molecular weight excluding hydrogens is 544 g/mol. The van der Waals surface area contributed by atoms with Crippen molar-refractivity contribution in [3.8, 4) is 44.5 Å². The smallest absolute Gasteiger partial charge is 0.136 e. The lowest BCUT2D eigenvalue weighted by Gasteiger charge is -2.20. The van der Waals surface area contributed by atoms with Gasteiger partial charge in [0.25, 0.3) is 0 Å². The second-order valence-electron chi connectivity index (χ2n) is 11.2. The molecule has 0 aliphatic carbocycles. The summed E-state index contributed by atoms with van der Waals surface area (Å²) in [6.45, 7) is 0. The van der Waals surface area contributed by atoms with Gasteiger partial charge in [0.15, 0.2) is 0 Å². The minimum atomic E-state index is -0.410. The van der Waals surface area contributed by atoms with Crippen LogP contribution in [0.5, 0.6) is 0 Å². The molecular formula is C44H28O. The van der Waals surface area contributed by atoms with E-state index >= 15 is 0 Å². The number of benzene rings is 8. The molecule has 1 nitrogen and oxygen atoms in total. The third kappa shape index (κ3) is 4.09. The number of hydrogen-bond acceptors (Lipinski definition) is 1. The van der Waals surface area contributed by atoms with Gasteiger partial charge in [-0.2, -0.15) is 0 Å². The molecule has 0 aliphatic rings. The summed E-state index contributed by atoms with van der Waals surface area (Å²) in [5.74, 6) is 0. The summed E-state index contributed by atoms with van der Waals surface area (Å²) in [6, 6.07) is 46.4. The van der Waals surface area contributed by atoms with Crippen LogP contribution in [0.4, 0.5) is 0 Å². The largest absolute Gasteiger partial charge is 0.456 e. The molecule has 9 rings (SSSR count). The van der Waals surface area contributed by atoms with Gasteiger partial charge in [-0.05, 0) is 84.3 Å². The van der Waals surface area contributed by atoms with E-state index in [0.29, 0.717) is 16.7 Å². The van der Waals surface area contributed by atoms with Crippen LogP contribution in [-0.2, 0) is 0 Å². The fraction of sp³-hybridized carbons (Fsp3) is 0. The van der Waals surface area contributed by atoms with Crippen molar-refractivity contribution >= 4 is 43.5 Å². The van der Waals surface area contributed by atoms with Crippen LogP contribution in [0.2, 0.25) is 0 Å². The molecule has 0 atom stereocenters. The van der Waals surface area contributed by atoms with E-state index in [1.165, 1.54) is 16.7 Å². The summed E-state index contributed by atoms with van der Waals surface area (Å²) in [6.07, 6.45) is 0. The van der Waals surface area contributed by atoms with Gasteiger partial charge in [0, 0.05) is 10.8 Å². The minimum Gasteiger partial charge on any atom is -0.456 e. The van der Waals surface area contributed by atoms with Crippen molar-refractivity contribution in [2.45, 2.75) is 0 Å². The summed E-state index contributed by atoms with van der Waals surface area (Å²) in [7, 11) is 0. The van der Waals surface area contributed by atoms with E-state index in [0.717, 1.165) is 49.0 Å². The molecule has 0 fully saturated rings. The zero-order valence-electron chi connectivity index (χ0n) is 29.2. The number of hydrogen-bond donors (Lipinski definition) is 0. The predicted molar refractivity (Wildman–Crippen MR) is 190 cm³/mol. The Kier molecular flexibility index (Phi) is 4.81. The molecule has 0 N–H and O–H groups in total. The molecule has 0 aliphatic heterocycles. The topological polar surface area (TPSA) is 13.1 Å². The Hall–Kier alpha value is -5.92. The van der Waals surface area contributed by atoms with Gasteiger partial charge in [0.2, 0.25) is 0 Å². The average Bonchev–Trinajstić information content (AvgIpc) is 3.54. The molecule has 45 heavy (non-hydrogen) atoms. The molecule has 0 unspecified atom stereocenters. The summed E-state index contributed by atoms with van der Waals surface area (Å²) in [5.41, 5.74) is 8.80. The van der Waals surface area contributed by atoms with Crippen LogP contribution in [0.25, 0.3) is 88.0 Å². The van der Waals surface area contributed by atoms with Crippen LogP contribution in [0.15, 0.2) is 174 Å². The monoisotopic (exact) mass is 577 g/mol. The van der Waals surface area contributed by atoms with Gasteiger partial charge in [0.1, 0.15) is 11.2 Å². The van der Waals surface area contributed by atoms with Gasteiger partial charge in [-0.25, -0.2) is 0 Å². The Bertz CT molecular complexity index is 2730. The van der Waals surface area contributed by atoms with Crippen LogP contribution < -0.4 is 0 Å². The summed E-state index contributed by atoms with van der Waals surface area (Å²) in [4.78, 5) is 0. The highest BCUT2D eigenvalue weighted by atomic mass is 16.3. The second-order valence-corrected chi connectivity index (χ2v) is 11.2. The lowest BCUT2D eigenvalue weighted by atomic mass is 9.83. The SMILES string of the molecule is [2H]c1c([2H])c([2H])c(-c2ccc3c(c2)oc2cccc(-c4c5ccccc5c(-c5ccccc5-c5ccccc5)c5ccccc45)c23)c([2H])c1[2H]. The normalized spacial score (nSPS) is 13.1. The molecule has 0 bridgehead atoms. The van der Waals surface area contributed by atoms with E-state index in [-0.39, 0.29) is 29.7 Å². The number of rotatable bonds is 4. The van der Waals surface area contributed by atoms with Gasteiger partial charge < -0.3 is 4.42 Å². The molecule has 1 aromatic heterocycles. The molecule has 8 aromatic carbocycles. The molecule has 1 heteroatoms. The van der Waals surface area contributed by atoms with Gasteiger partial charge in [-0.15, -0.1) is 0 Å². The van der Waals surface area contributed by atoms with E-state index < -0.39 is 6.04 Å². The first-order valence-corrected chi connectivity index (χ1v) is 15.0. The fourth-order valence-corrected chi connectivity index (χ4v) is 6.86. The van der Waals surface area contributed by atoms with E-state index in [4.69, 9.17) is 11.3 Å². The maximum Gasteiger partial charge on any atom is 0.136 e. The summed E-state index contributed by atoms with van der Waals surface area (Å²) >= 11 is 0. The van der Waals surface area contributed by atoms with Crippen molar-refractivity contribution in [2.75, 3.05) is 0 Å². The molecule has 210 valence electrons. The zero-order chi connectivity index (χ0) is 34.1. The lowest BCUT2D eigenvalue weighted by molar-refractivity contribution is 0.669. The Morgan fingerprint density at radius 2 is 0.956 bits per heavy atom. The van der Waals surface area contributed by atoms with E-state index in [9.17, 15) is 0 Å². The molecule has 0 spiro atoms. The number of fused-ring (bicyclic) bond motifs is 5. The highest BCUT2D eigenvalue weighted by Crippen LogP contribution is 2.48. The number of furan rings is 1. The molecule has 0 radical (unpaired) electrons. The van der Waals surface area contributed by atoms with E-state index in [2.05, 4.69) is 103 Å². The maximum atomic E-state index is 8.53. The first kappa shape index (κ1) is 20.9.